The molecule has 0 radical (unpaired) electrons. The standard InChI is InChI=1S/C22H27N3O3/c1-2-14-25(16-17-7-4-3-5-8-17)22(27)24-19-12-10-18(11-13-19)23-21(26)20-9-6-15-28-20/h3-5,7-8,10-13,20H,2,6,9,14-16H2,1H3,(H,23,26)(H,24,27). The molecule has 0 spiro atoms. The van der Waals surface area contributed by atoms with Gasteiger partial charge >= 0.3 is 6.03 Å². The summed E-state index contributed by atoms with van der Waals surface area (Å²) in [4.78, 5) is 26.6. The molecule has 2 N–H and O–H groups in total. The number of rotatable bonds is 7. The molecule has 3 rings (SSSR count). The summed E-state index contributed by atoms with van der Waals surface area (Å²) in [5.74, 6) is -0.119. The summed E-state index contributed by atoms with van der Waals surface area (Å²) >= 11 is 0. The first-order valence-corrected chi connectivity index (χ1v) is 9.78. The first-order chi connectivity index (χ1) is 13.7. The Bertz CT molecular complexity index is 771. The first-order valence-electron chi connectivity index (χ1n) is 9.78. The summed E-state index contributed by atoms with van der Waals surface area (Å²) in [7, 11) is 0. The number of ether oxygens (including phenoxy) is 1. The summed E-state index contributed by atoms with van der Waals surface area (Å²) in [6.07, 6.45) is 2.20. The fourth-order valence-electron chi connectivity index (χ4n) is 3.17. The monoisotopic (exact) mass is 381 g/mol. The molecule has 148 valence electrons. The van der Waals surface area contributed by atoms with Crippen molar-refractivity contribution in [3.05, 3.63) is 60.2 Å². The van der Waals surface area contributed by atoms with Crippen LogP contribution in [0, 0.1) is 0 Å². The molecule has 0 aliphatic carbocycles. The minimum absolute atomic E-state index is 0.119. The lowest BCUT2D eigenvalue weighted by molar-refractivity contribution is -0.124. The number of urea groups is 1. The number of carbonyl (C=O) groups is 2. The molecule has 1 fully saturated rings. The van der Waals surface area contributed by atoms with Crippen LogP contribution in [0.3, 0.4) is 0 Å². The maximum Gasteiger partial charge on any atom is 0.322 e. The molecule has 2 aromatic rings. The van der Waals surface area contributed by atoms with Crippen molar-refractivity contribution < 1.29 is 14.3 Å². The third kappa shape index (κ3) is 5.57. The average Bonchev–Trinajstić information content (AvgIpc) is 3.25. The minimum atomic E-state index is -0.361. The van der Waals surface area contributed by atoms with Crippen LogP contribution in [0.1, 0.15) is 31.7 Å². The van der Waals surface area contributed by atoms with Crippen LogP contribution < -0.4 is 10.6 Å². The Morgan fingerprint density at radius 1 is 1.04 bits per heavy atom. The van der Waals surface area contributed by atoms with Crippen LogP contribution in [0.15, 0.2) is 54.6 Å². The van der Waals surface area contributed by atoms with Crippen LogP contribution in [0.2, 0.25) is 0 Å². The van der Waals surface area contributed by atoms with Crippen molar-refractivity contribution in [2.75, 3.05) is 23.8 Å². The van der Waals surface area contributed by atoms with Gasteiger partial charge in [0, 0.05) is 31.1 Å². The lowest BCUT2D eigenvalue weighted by Gasteiger charge is -2.23. The van der Waals surface area contributed by atoms with Crippen LogP contribution >= 0.6 is 0 Å². The first kappa shape index (κ1) is 19.9. The maximum absolute atomic E-state index is 12.7. The predicted octanol–water partition coefficient (Wildman–Crippen LogP) is 4.25. The van der Waals surface area contributed by atoms with E-state index >= 15 is 0 Å². The number of anilines is 2. The van der Waals surface area contributed by atoms with E-state index in [2.05, 4.69) is 17.6 Å². The number of hydrogen-bond acceptors (Lipinski definition) is 3. The highest BCUT2D eigenvalue weighted by Crippen LogP contribution is 2.18. The van der Waals surface area contributed by atoms with Crippen LogP contribution in [-0.2, 0) is 16.1 Å². The highest BCUT2D eigenvalue weighted by molar-refractivity contribution is 5.95. The third-order valence-electron chi connectivity index (χ3n) is 4.62. The minimum Gasteiger partial charge on any atom is -0.368 e. The molecule has 6 nitrogen and oxygen atoms in total. The van der Waals surface area contributed by atoms with Crippen molar-refractivity contribution in [2.45, 2.75) is 38.8 Å². The summed E-state index contributed by atoms with van der Waals surface area (Å²) < 4.78 is 5.39. The van der Waals surface area contributed by atoms with Crippen LogP contribution in [0.4, 0.5) is 16.2 Å². The molecule has 1 atom stereocenters. The molecule has 1 saturated heterocycles. The van der Waals surface area contributed by atoms with Crippen LogP contribution in [0.5, 0.6) is 0 Å². The van der Waals surface area contributed by atoms with Gasteiger partial charge in [-0.15, -0.1) is 0 Å². The van der Waals surface area contributed by atoms with Gasteiger partial charge in [-0.25, -0.2) is 4.79 Å². The van der Waals surface area contributed by atoms with Gasteiger partial charge in [0.1, 0.15) is 6.10 Å². The largest absolute Gasteiger partial charge is 0.368 e. The third-order valence-corrected chi connectivity index (χ3v) is 4.62. The highest BCUT2D eigenvalue weighted by atomic mass is 16.5. The van der Waals surface area contributed by atoms with E-state index in [0.29, 0.717) is 31.1 Å². The van der Waals surface area contributed by atoms with Gasteiger partial charge in [-0.05, 0) is 49.1 Å². The zero-order valence-corrected chi connectivity index (χ0v) is 16.2. The Morgan fingerprint density at radius 3 is 2.32 bits per heavy atom. The number of hydrogen-bond donors (Lipinski definition) is 2. The fraction of sp³-hybridized carbons (Fsp3) is 0.364. The molecule has 1 heterocycles. The highest BCUT2D eigenvalue weighted by Gasteiger charge is 2.23. The second kappa shape index (κ2) is 9.90. The van der Waals surface area contributed by atoms with E-state index in [1.807, 2.05) is 30.3 Å². The van der Waals surface area contributed by atoms with E-state index in [-0.39, 0.29) is 18.0 Å². The quantitative estimate of drug-likeness (QED) is 0.753. The molecule has 2 aromatic carbocycles. The van der Waals surface area contributed by atoms with Crippen molar-refractivity contribution in [1.29, 1.82) is 0 Å². The van der Waals surface area contributed by atoms with Crippen LogP contribution in [-0.4, -0.2) is 36.1 Å². The van der Waals surface area contributed by atoms with Gasteiger partial charge in [0.15, 0.2) is 0 Å². The van der Waals surface area contributed by atoms with Gasteiger partial charge in [-0.1, -0.05) is 37.3 Å². The molecule has 3 amide bonds. The molecule has 1 aliphatic rings. The zero-order valence-electron chi connectivity index (χ0n) is 16.2. The molecule has 6 heteroatoms. The molecular weight excluding hydrogens is 354 g/mol. The number of carbonyl (C=O) groups excluding carboxylic acids is 2. The molecule has 0 aromatic heterocycles. The summed E-state index contributed by atoms with van der Waals surface area (Å²) in [5.41, 5.74) is 2.47. The summed E-state index contributed by atoms with van der Waals surface area (Å²) in [5, 5.41) is 5.79. The van der Waals surface area contributed by atoms with Gasteiger partial charge in [0.2, 0.25) is 0 Å². The Morgan fingerprint density at radius 2 is 1.71 bits per heavy atom. The Balaban J connectivity index is 1.56. The van der Waals surface area contributed by atoms with Gasteiger partial charge in [0.25, 0.3) is 5.91 Å². The van der Waals surface area contributed by atoms with E-state index in [1.165, 1.54) is 0 Å². The van der Waals surface area contributed by atoms with Crippen molar-refractivity contribution in [3.8, 4) is 0 Å². The Kier molecular flexibility index (Phi) is 7.03. The average molecular weight is 381 g/mol. The normalized spacial score (nSPS) is 15.8. The van der Waals surface area contributed by atoms with E-state index in [1.54, 1.807) is 29.2 Å². The molecule has 0 bridgehead atoms. The number of benzene rings is 2. The second-order valence-electron chi connectivity index (χ2n) is 6.91. The van der Waals surface area contributed by atoms with Crippen LogP contribution in [0.25, 0.3) is 0 Å². The molecule has 0 saturated carbocycles. The zero-order chi connectivity index (χ0) is 19.8. The SMILES string of the molecule is CCCN(Cc1ccccc1)C(=O)Nc1ccc(NC(=O)C2CCCO2)cc1. The second-order valence-corrected chi connectivity index (χ2v) is 6.91. The van der Waals surface area contributed by atoms with Gasteiger partial charge < -0.3 is 20.3 Å². The summed E-state index contributed by atoms with van der Waals surface area (Å²) in [6, 6.07) is 16.9. The maximum atomic E-state index is 12.7. The topological polar surface area (TPSA) is 70.7 Å². The molecular formula is C22H27N3O3. The fourth-order valence-corrected chi connectivity index (χ4v) is 3.17. The lowest BCUT2D eigenvalue weighted by Crippen LogP contribution is -2.35. The van der Waals surface area contributed by atoms with E-state index < -0.39 is 0 Å². The number of nitrogens with one attached hydrogen (secondary N) is 2. The van der Waals surface area contributed by atoms with E-state index in [9.17, 15) is 9.59 Å². The van der Waals surface area contributed by atoms with Crippen molar-refractivity contribution in [3.63, 3.8) is 0 Å². The lowest BCUT2D eigenvalue weighted by atomic mass is 10.2. The molecule has 28 heavy (non-hydrogen) atoms. The Labute approximate surface area is 165 Å². The molecule has 1 aliphatic heterocycles. The van der Waals surface area contributed by atoms with Crippen molar-refractivity contribution >= 4 is 23.3 Å². The predicted molar refractivity (Wildman–Crippen MR) is 110 cm³/mol. The molecule has 1 unspecified atom stereocenters. The Hall–Kier alpha value is -2.86. The van der Waals surface area contributed by atoms with Crippen molar-refractivity contribution in [1.82, 2.24) is 4.90 Å². The summed E-state index contributed by atoms with van der Waals surface area (Å²) in [6.45, 7) is 3.93. The number of amides is 3. The smallest absolute Gasteiger partial charge is 0.322 e. The van der Waals surface area contributed by atoms with E-state index in [4.69, 9.17) is 4.74 Å². The number of nitrogens with zero attached hydrogens (tertiary/aromatic N) is 1. The van der Waals surface area contributed by atoms with Gasteiger partial charge in [-0.3, -0.25) is 4.79 Å². The van der Waals surface area contributed by atoms with Crippen molar-refractivity contribution in [2.24, 2.45) is 0 Å². The van der Waals surface area contributed by atoms with Gasteiger partial charge in [-0.2, -0.15) is 0 Å². The van der Waals surface area contributed by atoms with Gasteiger partial charge in [0.05, 0.1) is 0 Å². The van der Waals surface area contributed by atoms with E-state index in [0.717, 1.165) is 24.8 Å².